The first kappa shape index (κ1) is 9.52. The van der Waals surface area contributed by atoms with Gasteiger partial charge in [0.05, 0.1) is 5.38 Å². The number of rotatable bonds is 3. The van der Waals surface area contributed by atoms with Gasteiger partial charge in [-0.05, 0) is 13.3 Å². The predicted molar refractivity (Wildman–Crippen MR) is 47.3 cm³/mol. The van der Waals surface area contributed by atoms with Crippen molar-refractivity contribution in [3.63, 3.8) is 0 Å². The average molecular weight is 189 g/mol. The monoisotopic (exact) mass is 188 g/mol. The molecule has 0 amide bonds. The molecule has 0 bridgehead atoms. The molecule has 0 fully saturated rings. The van der Waals surface area contributed by atoms with Crippen LogP contribution in [0.2, 0.25) is 0 Å². The third-order valence-electron chi connectivity index (χ3n) is 1.85. The number of hydrogen-bond donors (Lipinski definition) is 0. The lowest BCUT2D eigenvalue weighted by atomic mass is 10.1. The average Bonchev–Trinajstić information content (AvgIpc) is 2.51. The second-order valence-corrected chi connectivity index (χ2v) is 3.57. The summed E-state index contributed by atoms with van der Waals surface area (Å²) >= 11 is 5.78. The van der Waals surface area contributed by atoms with E-state index in [-0.39, 0.29) is 5.38 Å². The summed E-state index contributed by atoms with van der Waals surface area (Å²) in [5, 5.41) is 3.59. The van der Waals surface area contributed by atoms with E-state index in [1.165, 1.54) is 0 Å². The van der Waals surface area contributed by atoms with Gasteiger partial charge in [0.15, 0.2) is 5.82 Å². The Bertz CT molecular complexity index is 247. The van der Waals surface area contributed by atoms with E-state index in [9.17, 15) is 0 Å². The van der Waals surface area contributed by atoms with Gasteiger partial charge in [-0.1, -0.05) is 19.0 Å². The van der Waals surface area contributed by atoms with Crippen molar-refractivity contribution in [3.05, 3.63) is 11.7 Å². The van der Waals surface area contributed by atoms with Gasteiger partial charge in [-0.25, -0.2) is 0 Å². The minimum absolute atomic E-state index is 0.174. The Labute approximate surface area is 77.1 Å². The highest BCUT2D eigenvalue weighted by Gasteiger charge is 2.14. The zero-order valence-electron chi connectivity index (χ0n) is 7.54. The molecule has 2 unspecified atom stereocenters. The highest BCUT2D eigenvalue weighted by atomic mass is 35.5. The van der Waals surface area contributed by atoms with Crippen LogP contribution in [0, 0.1) is 0 Å². The summed E-state index contributed by atoms with van der Waals surface area (Å²) in [7, 11) is 0. The Hall–Kier alpha value is -0.570. The van der Waals surface area contributed by atoms with Gasteiger partial charge in [0.25, 0.3) is 0 Å². The SMILES string of the molecule is CCC(C)c1nc(C(C)Cl)no1. The van der Waals surface area contributed by atoms with Gasteiger partial charge >= 0.3 is 0 Å². The highest BCUT2D eigenvalue weighted by Crippen LogP contribution is 2.20. The lowest BCUT2D eigenvalue weighted by Crippen LogP contribution is -1.92. The van der Waals surface area contributed by atoms with Crippen LogP contribution in [0.5, 0.6) is 0 Å². The summed E-state index contributed by atoms with van der Waals surface area (Å²) in [4.78, 5) is 4.17. The third-order valence-corrected chi connectivity index (χ3v) is 2.04. The van der Waals surface area contributed by atoms with E-state index in [0.29, 0.717) is 17.6 Å². The van der Waals surface area contributed by atoms with Crippen LogP contribution in [0.3, 0.4) is 0 Å². The molecule has 4 heteroatoms. The van der Waals surface area contributed by atoms with Crippen LogP contribution in [0.4, 0.5) is 0 Å². The number of hydrogen-bond acceptors (Lipinski definition) is 3. The first-order chi connectivity index (χ1) is 5.65. The summed E-state index contributed by atoms with van der Waals surface area (Å²) < 4.78 is 5.03. The van der Waals surface area contributed by atoms with E-state index < -0.39 is 0 Å². The van der Waals surface area contributed by atoms with E-state index in [2.05, 4.69) is 24.0 Å². The van der Waals surface area contributed by atoms with Crippen molar-refractivity contribution in [2.45, 2.75) is 38.5 Å². The molecule has 0 spiro atoms. The van der Waals surface area contributed by atoms with Gasteiger partial charge in [0.1, 0.15) is 0 Å². The second kappa shape index (κ2) is 3.90. The van der Waals surface area contributed by atoms with Crippen LogP contribution in [-0.2, 0) is 0 Å². The van der Waals surface area contributed by atoms with Crippen LogP contribution in [-0.4, -0.2) is 10.1 Å². The van der Waals surface area contributed by atoms with Crippen LogP contribution in [0.15, 0.2) is 4.52 Å². The van der Waals surface area contributed by atoms with Gasteiger partial charge in [0.2, 0.25) is 5.89 Å². The predicted octanol–water partition coefficient (Wildman–Crippen LogP) is 2.88. The molecule has 0 radical (unpaired) electrons. The molecule has 68 valence electrons. The largest absolute Gasteiger partial charge is 0.339 e. The van der Waals surface area contributed by atoms with Crippen molar-refractivity contribution >= 4 is 11.6 Å². The second-order valence-electron chi connectivity index (χ2n) is 2.92. The van der Waals surface area contributed by atoms with E-state index in [1.54, 1.807) is 0 Å². The Morgan fingerprint density at radius 1 is 1.50 bits per heavy atom. The topological polar surface area (TPSA) is 38.9 Å². The lowest BCUT2D eigenvalue weighted by molar-refractivity contribution is 0.352. The van der Waals surface area contributed by atoms with E-state index >= 15 is 0 Å². The fraction of sp³-hybridized carbons (Fsp3) is 0.750. The molecule has 12 heavy (non-hydrogen) atoms. The van der Waals surface area contributed by atoms with Crippen molar-refractivity contribution in [2.75, 3.05) is 0 Å². The zero-order valence-corrected chi connectivity index (χ0v) is 8.30. The van der Waals surface area contributed by atoms with Crippen molar-refractivity contribution in [1.82, 2.24) is 10.1 Å². The van der Waals surface area contributed by atoms with Gasteiger partial charge in [-0.2, -0.15) is 4.98 Å². The molecule has 2 atom stereocenters. The van der Waals surface area contributed by atoms with Crippen molar-refractivity contribution in [3.8, 4) is 0 Å². The van der Waals surface area contributed by atoms with Crippen molar-refractivity contribution in [2.24, 2.45) is 0 Å². The summed E-state index contributed by atoms with van der Waals surface area (Å²) in [5.41, 5.74) is 0. The molecule has 1 aromatic rings. The standard InChI is InChI=1S/C8H13ClN2O/c1-4-5(2)8-10-7(6(3)9)11-12-8/h5-6H,4H2,1-3H3. The zero-order chi connectivity index (χ0) is 9.14. The van der Waals surface area contributed by atoms with Crippen molar-refractivity contribution in [1.29, 1.82) is 0 Å². The Kier molecular flexibility index (Phi) is 3.09. The molecule has 0 aliphatic carbocycles. The fourth-order valence-electron chi connectivity index (χ4n) is 0.784. The smallest absolute Gasteiger partial charge is 0.229 e. The normalized spacial score (nSPS) is 16.0. The molecule has 1 rings (SSSR count). The molecule has 0 N–H and O–H groups in total. The minimum Gasteiger partial charge on any atom is -0.339 e. The highest BCUT2D eigenvalue weighted by molar-refractivity contribution is 6.20. The molecular weight excluding hydrogens is 176 g/mol. The Balaban J connectivity index is 2.77. The van der Waals surface area contributed by atoms with Gasteiger partial charge in [0, 0.05) is 5.92 Å². The van der Waals surface area contributed by atoms with E-state index in [1.807, 2.05) is 6.92 Å². The lowest BCUT2D eigenvalue weighted by Gasteiger charge is -1.98. The molecule has 0 saturated heterocycles. The molecule has 3 nitrogen and oxygen atoms in total. The summed E-state index contributed by atoms with van der Waals surface area (Å²) in [6, 6.07) is 0. The van der Waals surface area contributed by atoms with Gasteiger partial charge in [-0.15, -0.1) is 11.6 Å². The molecule has 0 aromatic carbocycles. The molecule has 0 aliphatic heterocycles. The number of nitrogens with zero attached hydrogens (tertiary/aromatic N) is 2. The van der Waals surface area contributed by atoms with Gasteiger partial charge in [-0.3, -0.25) is 0 Å². The van der Waals surface area contributed by atoms with Crippen LogP contribution >= 0.6 is 11.6 Å². The van der Waals surface area contributed by atoms with E-state index in [0.717, 1.165) is 6.42 Å². The third kappa shape index (κ3) is 1.97. The first-order valence-corrected chi connectivity index (χ1v) is 4.56. The molecule has 1 aromatic heterocycles. The number of alkyl halides is 1. The summed E-state index contributed by atoms with van der Waals surface area (Å²) in [6.45, 7) is 5.96. The summed E-state index contributed by atoms with van der Waals surface area (Å²) in [6.07, 6.45) is 0.998. The van der Waals surface area contributed by atoms with Crippen LogP contribution < -0.4 is 0 Å². The van der Waals surface area contributed by atoms with Crippen LogP contribution in [0.1, 0.15) is 50.2 Å². The van der Waals surface area contributed by atoms with Crippen molar-refractivity contribution < 1.29 is 4.52 Å². The fourth-order valence-corrected chi connectivity index (χ4v) is 0.872. The van der Waals surface area contributed by atoms with E-state index in [4.69, 9.17) is 16.1 Å². The molecular formula is C8H13ClN2O. The van der Waals surface area contributed by atoms with Gasteiger partial charge < -0.3 is 4.52 Å². The molecule has 0 saturated carbocycles. The minimum atomic E-state index is -0.174. The summed E-state index contributed by atoms with van der Waals surface area (Å²) in [5.74, 6) is 1.58. The molecule has 0 aliphatic rings. The maximum atomic E-state index is 5.78. The molecule has 1 heterocycles. The quantitative estimate of drug-likeness (QED) is 0.685. The Morgan fingerprint density at radius 2 is 2.17 bits per heavy atom. The maximum Gasteiger partial charge on any atom is 0.229 e. The van der Waals surface area contributed by atoms with Crippen LogP contribution in [0.25, 0.3) is 0 Å². The number of aromatic nitrogens is 2. The Morgan fingerprint density at radius 3 is 2.58 bits per heavy atom. The maximum absolute atomic E-state index is 5.78. The first-order valence-electron chi connectivity index (χ1n) is 4.12. The number of halogens is 1.